The van der Waals surface area contributed by atoms with Gasteiger partial charge in [0.15, 0.2) is 0 Å². The molecular weight excluding hydrogens is 308 g/mol. The maximum Gasteiger partial charge on any atom is 0.0289 e. The molecule has 0 saturated heterocycles. The lowest BCUT2D eigenvalue weighted by Gasteiger charge is -2.09. The van der Waals surface area contributed by atoms with Gasteiger partial charge in [0.2, 0.25) is 0 Å². The van der Waals surface area contributed by atoms with E-state index in [1.807, 2.05) is 0 Å². The van der Waals surface area contributed by atoms with E-state index in [4.69, 9.17) is 0 Å². The fraction of sp³-hybridized carbons (Fsp3) is 0.0526. The summed E-state index contributed by atoms with van der Waals surface area (Å²) in [7, 11) is 0. The first-order valence-corrected chi connectivity index (χ1v) is 7.88. The molecule has 0 aliphatic carbocycles. The zero-order chi connectivity index (χ0) is 13.5. The van der Waals surface area contributed by atoms with Crippen LogP contribution in [0, 0.1) is 0 Å². The summed E-state index contributed by atoms with van der Waals surface area (Å²) in [5.74, 6) is 0. The van der Waals surface area contributed by atoms with Gasteiger partial charge >= 0.3 is 0 Å². The van der Waals surface area contributed by atoms with Gasteiger partial charge in [-0.2, -0.15) is 0 Å². The van der Waals surface area contributed by atoms with Crippen LogP contribution in [0.4, 0.5) is 0 Å². The number of hydrogen-bond acceptors (Lipinski definition) is 0. The summed E-state index contributed by atoms with van der Waals surface area (Å²) in [4.78, 5) is 0. The van der Waals surface area contributed by atoms with Crippen molar-refractivity contribution in [1.82, 2.24) is 0 Å². The molecule has 0 nitrogen and oxygen atoms in total. The molecule has 0 atom stereocenters. The van der Waals surface area contributed by atoms with E-state index in [0.29, 0.717) is 0 Å². The molecule has 0 spiro atoms. The normalized spacial score (nSPS) is 11.4. The Bertz CT molecular complexity index is 938. The Morgan fingerprint density at radius 1 is 0.650 bits per heavy atom. The monoisotopic (exact) mass is 320 g/mol. The van der Waals surface area contributed by atoms with Gasteiger partial charge in [0.1, 0.15) is 0 Å². The van der Waals surface area contributed by atoms with E-state index in [1.54, 1.807) is 0 Å². The number of rotatable bonds is 1. The summed E-state index contributed by atoms with van der Waals surface area (Å²) < 4.78 is 0. The number of halogens is 1. The largest absolute Gasteiger partial charge is 0.0876 e. The van der Waals surface area contributed by atoms with E-state index in [1.165, 1.54) is 37.9 Å². The maximum atomic E-state index is 3.61. The molecule has 0 fully saturated rings. The third-order valence-electron chi connectivity index (χ3n) is 3.96. The second-order valence-corrected chi connectivity index (χ2v) is 5.70. The molecule has 0 amide bonds. The highest BCUT2D eigenvalue weighted by Gasteiger charge is 2.06. The standard InChI is InChI=1S/C19H13Br/c20-12-17-7-3-6-13-8-9-16-10-14-4-1-2-5-15(14)11-18(16)19(13)17/h1-11H,12H2. The summed E-state index contributed by atoms with van der Waals surface area (Å²) in [6.07, 6.45) is 0. The van der Waals surface area contributed by atoms with Crippen molar-refractivity contribution < 1.29 is 0 Å². The van der Waals surface area contributed by atoms with E-state index in [9.17, 15) is 0 Å². The summed E-state index contributed by atoms with van der Waals surface area (Å²) in [6, 6.07) is 24.1. The molecule has 0 heterocycles. The van der Waals surface area contributed by atoms with Crippen molar-refractivity contribution in [3.63, 3.8) is 0 Å². The van der Waals surface area contributed by atoms with Gasteiger partial charge in [-0.05, 0) is 50.0 Å². The average molecular weight is 321 g/mol. The lowest BCUT2D eigenvalue weighted by molar-refractivity contribution is 1.50. The fourth-order valence-electron chi connectivity index (χ4n) is 2.99. The molecule has 0 bridgehead atoms. The van der Waals surface area contributed by atoms with Gasteiger partial charge in [-0.1, -0.05) is 70.5 Å². The van der Waals surface area contributed by atoms with Gasteiger partial charge in [0.05, 0.1) is 0 Å². The molecule has 0 aromatic heterocycles. The first-order valence-electron chi connectivity index (χ1n) is 6.76. The zero-order valence-electron chi connectivity index (χ0n) is 10.9. The molecule has 0 N–H and O–H groups in total. The van der Waals surface area contributed by atoms with Crippen LogP contribution >= 0.6 is 15.9 Å². The second-order valence-electron chi connectivity index (χ2n) is 5.13. The number of hydrogen-bond donors (Lipinski definition) is 0. The number of benzene rings is 4. The quantitative estimate of drug-likeness (QED) is 0.228. The molecule has 4 aromatic rings. The third kappa shape index (κ3) is 1.74. The van der Waals surface area contributed by atoms with Crippen molar-refractivity contribution in [3.05, 3.63) is 72.3 Å². The minimum absolute atomic E-state index is 0.885. The van der Waals surface area contributed by atoms with Crippen LogP contribution in [0.25, 0.3) is 32.3 Å². The summed E-state index contributed by atoms with van der Waals surface area (Å²) in [5, 5.41) is 8.82. The highest BCUT2D eigenvalue weighted by Crippen LogP contribution is 2.32. The molecule has 96 valence electrons. The van der Waals surface area contributed by atoms with Gasteiger partial charge in [0.25, 0.3) is 0 Å². The van der Waals surface area contributed by atoms with Gasteiger partial charge in [-0.3, -0.25) is 0 Å². The van der Waals surface area contributed by atoms with E-state index in [0.717, 1.165) is 5.33 Å². The van der Waals surface area contributed by atoms with Gasteiger partial charge < -0.3 is 0 Å². The predicted octanol–water partition coefficient (Wildman–Crippen LogP) is 6.04. The smallest absolute Gasteiger partial charge is 0.0289 e. The highest BCUT2D eigenvalue weighted by molar-refractivity contribution is 9.08. The molecule has 0 radical (unpaired) electrons. The summed E-state index contributed by atoms with van der Waals surface area (Å²) >= 11 is 3.61. The molecule has 20 heavy (non-hydrogen) atoms. The van der Waals surface area contributed by atoms with Gasteiger partial charge in [-0.25, -0.2) is 0 Å². The van der Waals surface area contributed by atoms with Crippen LogP contribution in [-0.2, 0) is 5.33 Å². The summed E-state index contributed by atoms with van der Waals surface area (Å²) in [5.41, 5.74) is 1.35. The van der Waals surface area contributed by atoms with Crippen molar-refractivity contribution in [3.8, 4) is 0 Å². The maximum absolute atomic E-state index is 3.61. The molecule has 0 unspecified atom stereocenters. The lowest BCUT2D eigenvalue weighted by atomic mass is 9.96. The molecule has 0 aliphatic rings. The van der Waals surface area contributed by atoms with E-state index in [-0.39, 0.29) is 0 Å². The first kappa shape index (κ1) is 11.9. The highest BCUT2D eigenvalue weighted by atomic mass is 79.9. The lowest BCUT2D eigenvalue weighted by Crippen LogP contribution is -1.85. The second kappa shape index (κ2) is 4.60. The molecule has 4 aromatic carbocycles. The van der Waals surface area contributed by atoms with Crippen molar-refractivity contribution >= 4 is 48.2 Å². The van der Waals surface area contributed by atoms with Gasteiger partial charge in [-0.15, -0.1) is 0 Å². The number of fused-ring (bicyclic) bond motifs is 4. The Morgan fingerprint density at radius 2 is 1.35 bits per heavy atom. The predicted molar refractivity (Wildman–Crippen MR) is 91.6 cm³/mol. The Labute approximate surface area is 126 Å². The van der Waals surface area contributed by atoms with E-state index in [2.05, 4.69) is 82.7 Å². The molecular formula is C19H13Br. The van der Waals surface area contributed by atoms with Crippen LogP contribution in [-0.4, -0.2) is 0 Å². The van der Waals surface area contributed by atoms with Crippen LogP contribution in [0.3, 0.4) is 0 Å². The minimum atomic E-state index is 0.885. The average Bonchev–Trinajstić information content (AvgIpc) is 2.52. The SMILES string of the molecule is BrCc1cccc2ccc3cc4ccccc4cc3c12. The van der Waals surface area contributed by atoms with Crippen LogP contribution in [0.2, 0.25) is 0 Å². The van der Waals surface area contributed by atoms with Crippen molar-refractivity contribution in [2.45, 2.75) is 5.33 Å². The van der Waals surface area contributed by atoms with Crippen molar-refractivity contribution in [2.24, 2.45) is 0 Å². The molecule has 0 aliphatic heterocycles. The first-order chi connectivity index (χ1) is 9.86. The van der Waals surface area contributed by atoms with Crippen LogP contribution < -0.4 is 0 Å². The van der Waals surface area contributed by atoms with Gasteiger partial charge in [0, 0.05) is 5.33 Å². The fourth-order valence-corrected chi connectivity index (χ4v) is 3.46. The van der Waals surface area contributed by atoms with Crippen LogP contribution in [0.15, 0.2) is 66.7 Å². The van der Waals surface area contributed by atoms with Crippen molar-refractivity contribution in [1.29, 1.82) is 0 Å². The van der Waals surface area contributed by atoms with E-state index >= 15 is 0 Å². The molecule has 1 heteroatoms. The number of alkyl halides is 1. The molecule has 0 saturated carbocycles. The topological polar surface area (TPSA) is 0 Å². The summed E-state index contributed by atoms with van der Waals surface area (Å²) in [6.45, 7) is 0. The minimum Gasteiger partial charge on any atom is -0.0876 e. The van der Waals surface area contributed by atoms with Crippen LogP contribution in [0.5, 0.6) is 0 Å². The molecule has 4 rings (SSSR count). The third-order valence-corrected chi connectivity index (χ3v) is 4.56. The Balaban J connectivity index is 2.25. The van der Waals surface area contributed by atoms with E-state index < -0.39 is 0 Å². The van der Waals surface area contributed by atoms with Crippen LogP contribution in [0.1, 0.15) is 5.56 Å². The Morgan fingerprint density at radius 3 is 2.15 bits per heavy atom. The Hall–Kier alpha value is -1.86. The Kier molecular flexibility index (Phi) is 2.75. The van der Waals surface area contributed by atoms with Crippen molar-refractivity contribution in [2.75, 3.05) is 0 Å². The zero-order valence-corrected chi connectivity index (χ0v) is 12.5.